The molecule has 0 radical (unpaired) electrons. The van der Waals surface area contributed by atoms with Gasteiger partial charge in [0.25, 0.3) is 0 Å². The van der Waals surface area contributed by atoms with Gasteiger partial charge in [0.05, 0.1) is 0 Å². The van der Waals surface area contributed by atoms with Crippen molar-refractivity contribution in [2.45, 2.75) is 0 Å². The standard InChI is InChI=1S/C20H14O4/c1-11-7-8-13-16(12-5-3-2-4-6-12)14-9-10-15(21)18(23)20(14)24-19(13)17(11)22/h2-10,21-23H,1H2. The first-order chi connectivity index (χ1) is 11.6. The first-order valence-corrected chi connectivity index (χ1v) is 7.41. The summed E-state index contributed by atoms with van der Waals surface area (Å²) >= 11 is 0. The van der Waals surface area contributed by atoms with Crippen molar-refractivity contribution in [1.29, 1.82) is 0 Å². The minimum Gasteiger partial charge on any atom is -0.504 e. The molecular formula is C20H14O4. The second-order valence-corrected chi connectivity index (χ2v) is 5.60. The van der Waals surface area contributed by atoms with Crippen LogP contribution in [0.5, 0.6) is 28.7 Å². The number of aromatic hydroxyl groups is 3. The van der Waals surface area contributed by atoms with E-state index >= 15 is 0 Å². The lowest BCUT2D eigenvalue weighted by molar-refractivity contribution is 0.357. The van der Waals surface area contributed by atoms with Gasteiger partial charge in [0, 0.05) is 21.6 Å². The first kappa shape index (κ1) is 14.2. The number of phenols is 3. The fourth-order valence-electron chi connectivity index (χ4n) is 2.94. The molecule has 0 spiro atoms. The Hall–Kier alpha value is -3.40. The molecule has 4 heteroatoms. The summed E-state index contributed by atoms with van der Waals surface area (Å²) in [4.78, 5) is 0. The highest BCUT2D eigenvalue weighted by atomic mass is 16.5. The largest absolute Gasteiger partial charge is 0.504 e. The van der Waals surface area contributed by atoms with Crippen molar-refractivity contribution in [3.8, 4) is 28.7 Å². The van der Waals surface area contributed by atoms with E-state index in [2.05, 4.69) is 6.58 Å². The summed E-state index contributed by atoms with van der Waals surface area (Å²) < 4.78 is 5.73. The van der Waals surface area contributed by atoms with Gasteiger partial charge in [-0.1, -0.05) is 43.0 Å². The molecule has 3 aromatic carbocycles. The van der Waals surface area contributed by atoms with Crippen molar-refractivity contribution in [1.82, 2.24) is 0 Å². The van der Waals surface area contributed by atoms with Crippen LogP contribution in [0.15, 0.2) is 54.6 Å². The van der Waals surface area contributed by atoms with Crippen molar-refractivity contribution in [2.75, 3.05) is 0 Å². The summed E-state index contributed by atoms with van der Waals surface area (Å²) in [5, 5.41) is 31.5. The van der Waals surface area contributed by atoms with Gasteiger partial charge in [-0.2, -0.15) is 0 Å². The van der Waals surface area contributed by atoms with Crippen LogP contribution >= 0.6 is 0 Å². The summed E-state index contributed by atoms with van der Waals surface area (Å²) in [6.07, 6.45) is 0. The van der Waals surface area contributed by atoms with Crippen LogP contribution < -0.4 is 15.2 Å². The second kappa shape index (κ2) is 5.06. The maximum atomic E-state index is 10.3. The van der Waals surface area contributed by atoms with Crippen molar-refractivity contribution in [2.24, 2.45) is 0 Å². The molecular weight excluding hydrogens is 304 g/mol. The molecule has 0 fully saturated rings. The molecule has 0 saturated heterocycles. The lowest BCUT2D eigenvalue weighted by Gasteiger charge is -2.22. The molecule has 4 rings (SSSR count). The summed E-state index contributed by atoms with van der Waals surface area (Å²) in [6.45, 7) is 3.77. The van der Waals surface area contributed by atoms with E-state index in [1.54, 1.807) is 12.1 Å². The third kappa shape index (κ3) is 1.93. The topological polar surface area (TPSA) is 69.9 Å². The molecule has 1 aliphatic rings. The van der Waals surface area contributed by atoms with Crippen molar-refractivity contribution in [3.05, 3.63) is 76.2 Å². The zero-order valence-corrected chi connectivity index (χ0v) is 12.7. The Kier molecular flexibility index (Phi) is 3.00. The van der Waals surface area contributed by atoms with Crippen LogP contribution in [-0.4, -0.2) is 15.3 Å². The fourth-order valence-corrected chi connectivity index (χ4v) is 2.94. The summed E-state index contributed by atoms with van der Waals surface area (Å²) in [7, 11) is 0. The second-order valence-electron chi connectivity index (χ2n) is 5.60. The number of hydrogen-bond donors (Lipinski definition) is 3. The van der Waals surface area contributed by atoms with Crippen molar-refractivity contribution in [3.63, 3.8) is 0 Å². The molecule has 24 heavy (non-hydrogen) atoms. The van der Waals surface area contributed by atoms with E-state index in [0.29, 0.717) is 16.0 Å². The van der Waals surface area contributed by atoms with Gasteiger partial charge in [0.2, 0.25) is 5.75 Å². The van der Waals surface area contributed by atoms with Gasteiger partial charge in [0.1, 0.15) is 0 Å². The van der Waals surface area contributed by atoms with E-state index in [1.165, 1.54) is 6.07 Å². The van der Waals surface area contributed by atoms with Crippen LogP contribution in [0.1, 0.15) is 11.1 Å². The van der Waals surface area contributed by atoms with E-state index in [0.717, 1.165) is 11.1 Å². The van der Waals surface area contributed by atoms with Crippen LogP contribution in [-0.2, 0) is 0 Å². The van der Waals surface area contributed by atoms with E-state index < -0.39 is 0 Å². The number of ether oxygens (including phenoxy) is 1. The number of hydrogen-bond acceptors (Lipinski definition) is 4. The minimum absolute atomic E-state index is 0.0886. The Bertz CT molecular complexity index is 1070. The van der Waals surface area contributed by atoms with Gasteiger partial charge >= 0.3 is 0 Å². The van der Waals surface area contributed by atoms with Crippen LogP contribution in [0.3, 0.4) is 0 Å². The molecule has 1 aliphatic heterocycles. The third-order valence-corrected chi connectivity index (χ3v) is 4.13. The molecule has 118 valence electrons. The third-order valence-electron chi connectivity index (χ3n) is 4.13. The van der Waals surface area contributed by atoms with Gasteiger partial charge in [0.15, 0.2) is 23.0 Å². The van der Waals surface area contributed by atoms with Gasteiger partial charge in [-0.3, -0.25) is 0 Å². The van der Waals surface area contributed by atoms with Crippen LogP contribution in [0.25, 0.3) is 12.2 Å². The fraction of sp³-hybridized carbons (Fsp3) is 0. The Morgan fingerprint density at radius 1 is 0.750 bits per heavy atom. The highest BCUT2D eigenvalue weighted by Gasteiger charge is 2.26. The summed E-state index contributed by atoms with van der Waals surface area (Å²) in [6, 6.07) is 16.3. The molecule has 0 amide bonds. The van der Waals surface area contributed by atoms with Gasteiger partial charge in [-0.25, -0.2) is 0 Å². The quantitative estimate of drug-likeness (QED) is 0.472. The van der Waals surface area contributed by atoms with Crippen LogP contribution in [0.2, 0.25) is 0 Å². The molecule has 3 N–H and O–H groups in total. The van der Waals surface area contributed by atoms with Gasteiger partial charge < -0.3 is 20.1 Å². The van der Waals surface area contributed by atoms with E-state index in [4.69, 9.17) is 4.74 Å². The van der Waals surface area contributed by atoms with Crippen molar-refractivity contribution < 1.29 is 20.1 Å². The molecule has 0 atom stereocenters. The maximum absolute atomic E-state index is 10.3. The Balaban J connectivity index is 2.20. The van der Waals surface area contributed by atoms with Crippen LogP contribution in [0, 0.1) is 0 Å². The maximum Gasteiger partial charge on any atom is 0.201 e. The lowest BCUT2D eigenvalue weighted by atomic mass is 9.92. The molecule has 3 aromatic rings. The minimum atomic E-state index is -0.361. The zero-order chi connectivity index (χ0) is 16.8. The van der Waals surface area contributed by atoms with Crippen LogP contribution in [0.4, 0.5) is 0 Å². The zero-order valence-electron chi connectivity index (χ0n) is 12.7. The van der Waals surface area contributed by atoms with E-state index in [-0.39, 0.29) is 28.7 Å². The molecule has 0 saturated carbocycles. The predicted octanol–water partition coefficient (Wildman–Crippen LogP) is 2.57. The van der Waals surface area contributed by atoms with E-state index in [9.17, 15) is 15.3 Å². The molecule has 0 bridgehead atoms. The SMILES string of the molecule is C=c1ccc2c(c1O)Oc1c(ccc(O)c1O)C=2c1ccccc1. The first-order valence-electron chi connectivity index (χ1n) is 7.41. The normalized spacial score (nSPS) is 12.2. The number of rotatable bonds is 1. The monoisotopic (exact) mass is 318 g/mol. The van der Waals surface area contributed by atoms with Gasteiger partial charge in [-0.05, 0) is 23.8 Å². The highest BCUT2D eigenvalue weighted by molar-refractivity contribution is 5.87. The molecule has 1 heterocycles. The lowest BCUT2D eigenvalue weighted by Crippen LogP contribution is -2.20. The molecule has 0 aromatic heterocycles. The summed E-state index contributed by atoms with van der Waals surface area (Å²) in [5.41, 5.74) is 2.35. The highest BCUT2D eigenvalue weighted by Crippen LogP contribution is 2.46. The predicted molar refractivity (Wildman–Crippen MR) is 90.8 cm³/mol. The Morgan fingerprint density at radius 3 is 2.25 bits per heavy atom. The molecule has 0 aliphatic carbocycles. The average molecular weight is 318 g/mol. The van der Waals surface area contributed by atoms with Crippen molar-refractivity contribution >= 4 is 12.2 Å². The van der Waals surface area contributed by atoms with Gasteiger partial charge in [-0.15, -0.1) is 0 Å². The number of fused-ring (bicyclic) bond motifs is 2. The smallest absolute Gasteiger partial charge is 0.201 e. The molecule has 0 unspecified atom stereocenters. The number of phenolic OH excluding ortho intramolecular Hbond substituents is 3. The summed E-state index contributed by atoms with van der Waals surface area (Å²) in [5.74, 6) is -0.401. The van der Waals surface area contributed by atoms with E-state index in [1.807, 2.05) is 36.4 Å². The average Bonchev–Trinajstić information content (AvgIpc) is 2.61. The number of benzene rings is 3. The Labute approximate surface area is 137 Å². The Morgan fingerprint density at radius 2 is 1.50 bits per heavy atom. The molecule has 4 nitrogen and oxygen atoms in total.